The summed E-state index contributed by atoms with van der Waals surface area (Å²) in [6.07, 6.45) is 2.57. The molecule has 0 spiro atoms. The highest BCUT2D eigenvalue weighted by atomic mass is 32.2. The van der Waals surface area contributed by atoms with E-state index in [2.05, 4.69) is 15.4 Å². The van der Waals surface area contributed by atoms with Crippen LogP contribution in [-0.2, 0) is 23.8 Å². The average Bonchev–Trinajstić information content (AvgIpc) is 3.05. The van der Waals surface area contributed by atoms with Crippen molar-refractivity contribution in [2.75, 3.05) is 5.75 Å². The summed E-state index contributed by atoms with van der Waals surface area (Å²) < 4.78 is 14.1. The van der Waals surface area contributed by atoms with Crippen LogP contribution in [0, 0.1) is 0 Å². The SMILES string of the molecule is CCc1nc2n(n1)CCC[C@H]2NC(=O)c1ccccc1[S@](=O)CC. The first-order chi connectivity index (χ1) is 11.6. The van der Waals surface area contributed by atoms with Gasteiger partial charge in [-0.15, -0.1) is 0 Å². The molecule has 0 saturated carbocycles. The van der Waals surface area contributed by atoms with Crippen molar-refractivity contribution in [3.8, 4) is 0 Å². The van der Waals surface area contributed by atoms with Gasteiger partial charge in [-0.2, -0.15) is 5.10 Å². The second kappa shape index (κ2) is 7.25. The van der Waals surface area contributed by atoms with Crippen LogP contribution >= 0.6 is 0 Å². The summed E-state index contributed by atoms with van der Waals surface area (Å²) in [5.74, 6) is 1.91. The summed E-state index contributed by atoms with van der Waals surface area (Å²) in [5.41, 5.74) is 0.477. The van der Waals surface area contributed by atoms with Crippen LogP contribution in [0.1, 0.15) is 54.7 Å². The number of benzene rings is 1. The largest absolute Gasteiger partial charge is 0.342 e. The number of aromatic nitrogens is 3. The van der Waals surface area contributed by atoms with Gasteiger partial charge in [0.25, 0.3) is 5.91 Å². The van der Waals surface area contributed by atoms with Gasteiger partial charge < -0.3 is 5.32 Å². The molecular formula is C17H22N4O2S. The minimum Gasteiger partial charge on any atom is -0.342 e. The van der Waals surface area contributed by atoms with Gasteiger partial charge in [-0.25, -0.2) is 9.67 Å². The maximum absolute atomic E-state index is 12.7. The molecule has 0 fully saturated rings. The van der Waals surface area contributed by atoms with Crippen LogP contribution in [0.2, 0.25) is 0 Å². The Labute approximate surface area is 144 Å². The fourth-order valence-corrected chi connectivity index (χ4v) is 3.88. The van der Waals surface area contributed by atoms with Crippen molar-refractivity contribution in [1.29, 1.82) is 0 Å². The Bertz CT molecular complexity index is 772. The Morgan fingerprint density at radius 2 is 2.17 bits per heavy atom. The number of amides is 1. The summed E-state index contributed by atoms with van der Waals surface area (Å²) in [4.78, 5) is 17.9. The van der Waals surface area contributed by atoms with Crippen LogP contribution in [0.4, 0.5) is 0 Å². The molecule has 1 aliphatic rings. The minimum atomic E-state index is -1.17. The number of nitrogens with zero attached hydrogens (tertiary/aromatic N) is 3. The van der Waals surface area contributed by atoms with Crippen molar-refractivity contribution in [3.05, 3.63) is 41.5 Å². The van der Waals surface area contributed by atoms with E-state index < -0.39 is 10.8 Å². The molecule has 1 aromatic heterocycles. The number of rotatable bonds is 5. The summed E-state index contributed by atoms with van der Waals surface area (Å²) in [7, 11) is -1.17. The number of nitrogens with one attached hydrogen (secondary N) is 1. The highest BCUT2D eigenvalue weighted by Crippen LogP contribution is 2.24. The molecule has 24 heavy (non-hydrogen) atoms. The van der Waals surface area contributed by atoms with Gasteiger partial charge in [0.15, 0.2) is 5.82 Å². The van der Waals surface area contributed by atoms with Crippen molar-refractivity contribution in [3.63, 3.8) is 0 Å². The summed E-state index contributed by atoms with van der Waals surface area (Å²) in [5, 5.41) is 7.52. The zero-order chi connectivity index (χ0) is 17.1. The van der Waals surface area contributed by atoms with E-state index in [0.29, 0.717) is 16.2 Å². The lowest BCUT2D eigenvalue weighted by molar-refractivity contribution is 0.0924. The quantitative estimate of drug-likeness (QED) is 0.901. The van der Waals surface area contributed by atoms with E-state index in [0.717, 1.165) is 37.5 Å². The molecule has 1 amide bonds. The van der Waals surface area contributed by atoms with E-state index in [9.17, 15) is 9.00 Å². The van der Waals surface area contributed by atoms with Gasteiger partial charge in [-0.3, -0.25) is 9.00 Å². The molecule has 0 radical (unpaired) electrons. The number of carbonyl (C=O) groups is 1. The van der Waals surface area contributed by atoms with Crippen LogP contribution in [0.5, 0.6) is 0 Å². The second-order valence-corrected chi connectivity index (χ2v) is 7.47. The van der Waals surface area contributed by atoms with E-state index in [-0.39, 0.29) is 11.9 Å². The van der Waals surface area contributed by atoms with Gasteiger partial charge in [0.2, 0.25) is 0 Å². The van der Waals surface area contributed by atoms with Crippen molar-refractivity contribution in [2.45, 2.75) is 50.6 Å². The zero-order valence-electron chi connectivity index (χ0n) is 14.0. The third kappa shape index (κ3) is 3.26. The van der Waals surface area contributed by atoms with Crippen molar-refractivity contribution in [2.24, 2.45) is 0 Å². The van der Waals surface area contributed by atoms with Crippen LogP contribution in [-0.4, -0.2) is 30.6 Å². The maximum atomic E-state index is 12.7. The van der Waals surface area contributed by atoms with Crippen LogP contribution in [0.25, 0.3) is 0 Å². The van der Waals surface area contributed by atoms with Gasteiger partial charge in [0, 0.05) is 18.7 Å². The molecule has 6 nitrogen and oxygen atoms in total. The number of hydrogen-bond acceptors (Lipinski definition) is 4. The minimum absolute atomic E-state index is 0.151. The molecule has 2 aromatic rings. The summed E-state index contributed by atoms with van der Waals surface area (Å²) in [6.45, 7) is 4.71. The molecule has 0 aliphatic carbocycles. The van der Waals surface area contributed by atoms with Crippen LogP contribution in [0.15, 0.2) is 29.2 Å². The number of carbonyl (C=O) groups excluding carboxylic acids is 1. The van der Waals surface area contributed by atoms with E-state index in [1.165, 1.54) is 0 Å². The van der Waals surface area contributed by atoms with Crippen molar-refractivity contribution in [1.82, 2.24) is 20.1 Å². The molecule has 0 saturated heterocycles. The Morgan fingerprint density at radius 1 is 1.38 bits per heavy atom. The average molecular weight is 346 g/mol. The van der Waals surface area contributed by atoms with Gasteiger partial charge >= 0.3 is 0 Å². The molecule has 1 aliphatic heterocycles. The van der Waals surface area contributed by atoms with Gasteiger partial charge in [0.05, 0.1) is 27.3 Å². The molecule has 0 unspecified atom stereocenters. The lowest BCUT2D eigenvalue weighted by Gasteiger charge is -2.23. The summed E-state index contributed by atoms with van der Waals surface area (Å²) >= 11 is 0. The van der Waals surface area contributed by atoms with Gasteiger partial charge in [0.1, 0.15) is 5.82 Å². The fraction of sp³-hybridized carbons (Fsp3) is 0.471. The Kier molecular flexibility index (Phi) is 5.08. The first-order valence-electron chi connectivity index (χ1n) is 8.35. The predicted octanol–water partition coefficient (Wildman–Crippen LogP) is 2.23. The van der Waals surface area contributed by atoms with E-state index in [1.807, 2.05) is 24.6 Å². The molecule has 3 rings (SSSR count). The monoisotopic (exact) mass is 346 g/mol. The van der Waals surface area contributed by atoms with Crippen molar-refractivity contribution < 1.29 is 9.00 Å². The predicted molar refractivity (Wildman–Crippen MR) is 92.2 cm³/mol. The van der Waals surface area contributed by atoms with Crippen molar-refractivity contribution >= 4 is 16.7 Å². The smallest absolute Gasteiger partial charge is 0.253 e. The fourth-order valence-electron chi connectivity index (χ4n) is 2.93. The first kappa shape index (κ1) is 16.8. The molecule has 7 heteroatoms. The topological polar surface area (TPSA) is 76.9 Å². The third-order valence-electron chi connectivity index (χ3n) is 4.18. The Morgan fingerprint density at radius 3 is 2.92 bits per heavy atom. The highest BCUT2D eigenvalue weighted by molar-refractivity contribution is 7.85. The lowest BCUT2D eigenvalue weighted by Crippen LogP contribution is -2.33. The maximum Gasteiger partial charge on any atom is 0.253 e. The van der Waals surface area contributed by atoms with E-state index in [1.54, 1.807) is 18.2 Å². The third-order valence-corrected chi connectivity index (χ3v) is 5.55. The zero-order valence-corrected chi connectivity index (χ0v) is 14.8. The molecular weight excluding hydrogens is 324 g/mol. The number of fused-ring (bicyclic) bond motifs is 1. The molecule has 128 valence electrons. The Balaban J connectivity index is 1.84. The molecule has 2 heterocycles. The lowest BCUT2D eigenvalue weighted by atomic mass is 10.1. The van der Waals surface area contributed by atoms with Crippen LogP contribution < -0.4 is 5.32 Å². The second-order valence-electron chi connectivity index (χ2n) is 5.76. The molecule has 1 N–H and O–H groups in total. The van der Waals surface area contributed by atoms with Gasteiger partial charge in [-0.1, -0.05) is 26.0 Å². The molecule has 0 bridgehead atoms. The Hall–Kier alpha value is -2.02. The number of aryl methyl sites for hydroxylation is 2. The van der Waals surface area contributed by atoms with Crippen LogP contribution in [0.3, 0.4) is 0 Å². The van der Waals surface area contributed by atoms with Gasteiger partial charge in [-0.05, 0) is 25.0 Å². The standard InChI is InChI=1S/C17H22N4O2S/c1-3-15-19-16-13(9-7-11-21(16)20-15)18-17(22)12-8-5-6-10-14(12)24(23)4-2/h5-6,8,10,13H,3-4,7,9,11H2,1-2H3,(H,18,22)/t13-,24-/m1/s1. The molecule has 1 aromatic carbocycles. The van der Waals surface area contributed by atoms with E-state index >= 15 is 0 Å². The molecule has 2 atom stereocenters. The highest BCUT2D eigenvalue weighted by Gasteiger charge is 2.26. The number of hydrogen-bond donors (Lipinski definition) is 1. The van der Waals surface area contributed by atoms with E-state index in [4.69, 9.17) is 0 Å². The summed E-state index contributed by atoms with van der Waals surface area (Å²) in [6, 6.07) is 6.94. The normalized spacial score (nSPS) is 18.0. The first-order valence-corrected chi connectivity index (χ1v) is 9.67.